The molecule has 1 aromatic carbocycles. The van der Waals surface area contributed by atoms with E-state index < -0.39 is 28.6 Å². The first-order valence-electron chi connectivity index (χ1n) is 45.5. The fourth-order valence-corrected chi connectivity index (χ4v) is 18.4. The number of aromatic nitrogens is 31. The molecule has 5 aliphatic rings. The molecule has 5 fully saturated rings. The summed E-state index contributed by atoms with van der Waals surface area (Å²) in [5, 5.41) is 46.1. The predicted octanol–water partition coefficient (Wildman–Crippen LogP) is 11.8. The van der Waals surface area contributed by atoms with Crippen LogP contribution in [0.2, 0.25) is 0 Å². The lowest BCUT2D eigenvalue weighted by atomic mass is 9.92. The highest BCUT2D eigenvalue weighted by Crippen LogP contribution is 2.53. The molecule has 3 aliphatic heterocycles. The minimum absolute atomic E-state index is 0.0450. The molecule has 3 saturated heterocycles. The molecule has 2 saturated carbocycles. The van der Waals surface area contributed by atoms with E-state index in [2.05, 4.69) is 112 Å². The van der Waals surface area contributed by atoms with Gasteiger partial charge in [-0.25, -0.2) is 105 Å². The van der Waals surface area contributed by atoms with Crippen LogP contribution in [0.3, 0.4) is 0 Å². The number of alkyl halides is 2. The van der Waals surface area contributed by atoms with Crippen LogP contribution in [0, 0.1) is 45.1 Å². The molecule has 21 heterocycles. The highest BCUT2D eigenvalue weighted by Gasteiger charge is 2.53. The third-order valence-electron chi connectivity index (χ3n) is 25.7. The van der Waals surface area contributed by atoms with E-state index in [1.807, 2.05) is 76.7 Å². The van der Waals surface area contributed by atoms with Gasteiger partial charge in [0.15, 0.2) is 74.8 Å². The molecule has 0 unspecified atom stereocenters. The number of oxazole rings is 4. The average molecular weight is 1910 g/mol. The second kappa shape index (κ2) is 36.6. The number of nitrogen functional groups attached to an aromatic ring is 5. The minimum atomic E-state index is -2.64. The summed E-state index contributed by atoms with van der Waals surface area (Å²) in [6, 6.07) is 8.21. The molecule has 24 rings (SSSR count). The van der Waals surface area contributed by atoms with E-state index in [9.17, 15) is 27.1 Å². The fourth-order valence-electron chi connectivity index (χ4n) is 18.4. The first kappa shape index (κ1) is 91.4. The van der Waals surface area contributed by atoms with E-state index in [-0.39, 0.29) is 77.1 Å². The van der Waals surface area contributed by atoms with Crippen molar-refractivity contribution in [2.45, 2.75) is 172 Å². The van der Waals surface area contributed by atoms with Crippen molar-refractivity contribution in [3.8, 4) is 57.6 Å². The lowest BCUT2D eigenvalue weighted by molar-refractivity contribution is 0.00752. The van der Waals surface area contributed by atoms with Crippen LogP contribution < -0.4 is 43.4 Å². The van der Waals surface area contributed by atoms with Crippen LogP contribution >= 0.6 is 0 Å². The number of nitrogens with two attached hydrogens (primary N) is 5. The molecule has 0 radical (unpaired) electrons. The van der Waals surface area contributed by atoms with Crippen molar-refractivity contribution in [3.05, 3.63) is 205 Å². The van der Waals surface area contributed by atoms with Crippen molar-refractivity contribution in [1.29, 1.82) is 0 Å². The lowest BCUT2D eigenvalue weighted by Gasteiger charge is -2.37. The van der Waals surface area contributed by atoms with Crippen LogP contribution in [0.15, 0.2) is 147 Å². The van der Waals surface area contributed by atoms with Gasteiger partial charge in [-0.2, -0.15) is 34.5 Å². The zero-order chi connectivity index (χ0) is 97.5. The zero-order valence-electron chi connectivity index (χ0n) is 77.6. The second-order valence-electron chi connectivity index (χ2n) is 36.2. The van der Waals surface area contributed by atoms with Crippen molar-refractivity contribution >= 4 is 74.6 Å². The maximum Gasteiger partial charge on any atom is 0.248 e. The molecule has 11 N–H and O–H groups in total. The van der Waals surface area contributed by atoms with Crippen LogP contribution in [0.4, 0.5) is 68.4 Å². The number of hydrogen-bond acceptors (Lipinski definition) is 36. The van der Waals surface area contributed by atoms with Crippen molar-refractivity contribution in [2.24, 2.45) is 14.1 Å². The molecular weight excluding hydrogens is 1810 g/mol. The molecule has 44 nitrogen and oxygen atoms in total. The smallest absolute Gasteiger partial charge is 0.248 e. The molecule has 5 atom stereocenters. The SMILES string of the molecule is Cc1c(-c2cc(F)ccc2F)nc(N)c2nc([C@@H]3CCCN(c4cnn(C)c4)C3)nn12.Cc1c(-c2ncco2)nc(N)c2nc(C3(c4ncccc4F)CC3)nn12.Cc1c(-c2ncco2)nc(N)c2nc([C@H]3CCCN(c4cnn(C)c4)C3)nn12.Cc1c(-c2ncco2)nc(N)n2nc([C@@H]3CC[C@@H](C)N(c4cnn(CC(C)(C)O)c4)C3)nc12.Nc1nc(-c2ncco2)cc2nc([C@H]3CCC(F)(F)C3)nn12. The summed E-state index contributed by atoms with van der Waals surface area (Å²) in [5.74, 6) is 1.56. The molecule has 2 aliphatic carbocycles. The number of rotatable bonds is 16. The van der Waals surface area contributed by atoms with E-state index >= 15 is 0 Å². The number of benzene rings is 1. The normalized spacial score (nSPS) is 18.0. The Labute approximate surface area is 792 Å². The highest BCUT2D eigenvalue weighted by atomic mass is 19.3. The largest absolute Gasteiger partial charge is 0.443 e. The summed E-state index contributed by atoms with van der Waals surface area (Å²) in [4.78, 5) is 72.5. The van der Waals surface area contributed by atoms with Gasteiger partial charge in [-0.15, -0.1) is 15.3 Å². The Morgan fingerprint density at radius 2 is 0.993 bits per heavy atom. The number of piperidine rings is 3. The average Bonchev–Trinajstić information content (AvgIpc) is 1.56. The van der Waals surface area contributed by atoms with Crippen LogP contribution in [-0.2, 0) is 26.1 Å². The van der Waals surface area contributed by atoms with Crippen molar-refractivity contribution < 1.29 is 44.7 Å². The van der Waals surface area contributed by atoms with Crippen molar-refractivity contribution in [1.82, 2.24) is 152 Å². The Morgan fingerprint density at radius 3 is 1.54 bits per heavy atom. The van der Waals surface area contributed by atoms with Crippen LogP contribution in [0.1, 0.15) is 173 Å². The molecule has 18 aromatic heterocycles. The number of anilines is 8. The van der Waals surface area contributed by atoms with Gasteiger partial charge in [0, 0.05) is 131 Å². The summed E-state index contributed by atoms with van der Waals surface area (Å²) < 4.78 is 104. The van der Waals surface area contributed by atoms with Crippen molar-refractivity contribution in [3.63, 3.8) is 0 Å². The first-order valence-corrected chi connectivity index (χ1v) is 45.5. The predicted molar refractivity (Wildman–Crippen MR) is 500 cm³/mol. The third-order valence-corrected chi connectivity index (χ3v) is 25.7. The number of hydrogen-bond donors (Lipinski definition) is 6. The maximum absolute atomic E-state index is 14.4. The van der Waals surface area contributed by atoms with Gasteiger partial charge in [0.05, 0.1) is 106 Å². The Kier molecular flexibility index (Phi) is 23.9. The molecule has 0 spiro atoms. The summed E-state index contributed by atoms with van der Waals surface area (Å²) in [6.07, 6.45) is 32.8. The van der Waals surface area contributed by atoms with E-state index in [1.165, 1.54) is 48.0 Å². The quantitative estimate of drug-likeness (QED) is 0.0489. The molecule has 722 valence electrons. The van der Waals surface area contributed by atoms with Crippen molar-refractivity contribution in [2.75, 3.05) is 76.1 Å². The standard InChI is InChI=1S/C22H29N9O2.C21H22F2N8.C18H21N9O.C17H14FN7O.C13H12F2N6O/c1-13-5-6-15(10-30(13)16-9-25-29(11-16)12-22(3,4)32)18-27-19-14(2)17(20-24-7-8-33-20)26-21(23)31(19)28-18;1-12-18(16-8-14(22)5-6-17(16)23)26-19(24)21-27-20(28-31(12)21)13-4-3-7-30(10-13)15-9-25-29(2)11-15;1-11-14(18-20-5-7-28-18)22-15(19)17-23-16(24-27(11)17)12-4-3-6-26(9-12)13-8-21-25(2)10-13;1-9-11(15-21-7-8-26-15)22-13(19)14-23-16(24-25(9)14)17(4-5-17)12-10(18)3-2-6-20-12;14-13(15)2-1-7(6-13)10-19-9-5-8(11-17-3-4-22-11)18-12(16)21(9)20-10/h7-9,11,13,15,32H,5-6,10,12H2,1-4H3,(H2,23,26);5-6,8-9,11,13H,3-4,7,10H2,1-2H3,(H2,24,26);5,7-8,10,12H,3-4,6,9H2,1-2H3,(H2,19,22);2-3,6-8H,4-5H2,1H3,(H2,19,22);3-5,7H,1-2,6H2,(H2,16,18)/t13-,15-;13-;12-;;7-/m110.0/s1. The maximum atomic E-state index is 14.4. The number of nitrogens with zero attached hydrogens (tertiary/aromatic N) is 34. The molecule has 49 heteroatoms. The Balaban J connectivity index is 0.000000108. The number of fused-ring (bicyclic) bond motifs is 5. The summed E-state index contributed by atoms with van der Waals surface area (Å²) in [7, 11) is 3.82. The number of halogens is 5. The Bertz CT molecular complexity index is 7720. The van der Waals surface area contributed by atoms with Crippen LogP contribution in [0.25, 0.3) is 85.8 Å². The highest BCUT2D eigenvalue weighted by molar-refractivity contribution is 5.72. The van der Waals surface area contributed by atoms with E-state index in [0.29, 0.717) is 134 Å². The molecule has 0 bridgehead atoms. The van der Waals surface area contributed by atoms with Gasteiger partial charge < -0.3 is 66.1 Å². The van der Waals surface area contributed by atoms with E-state index in [0.717, 1.165) is 142 Å². The van der Waals surface area contributed by atoms with Gasteiger partial charge in [-0.3, -0.25) is 19.0 Å². The second-order valence-corrected chi connectivity index (χ2v) is 36.2. The third kappa shape index (κ3) is 18.1. The molecule has 19 aromatic rings. The Morgan fingerprint density at radius 1 is 0.479 bits per heavy atom. The number of aliphatic hydroxyl groups is 1. The van der Waals surface area contributed by atoms with Crippen LogP contribution in [-0.4, -0.2) is 208 Å². The van der Waals surface area contributed by atoms with E-state index in [4.69, 9.17) is 71.6 Å². The topological polar surface area (TPSA) is 546 Å². The minimum Gasteiger partial charge on any atom is -0.443 e. The zero-order valence-corrected chi connectivity index (χ0v) is 77.6. The van der Waals surface area contributed by atoms with Gasteiger partial charge in [0.1, 0.15) is 65.3 Å². The van der Waals surface area contributed by atoms with Gasteiger partial charge in [-0.1, -0.05) is 0 Å². The summed E-state index contributed by atoms with van der Waals surface area (Å²) >= 11 is 0. The van der Waals surface area contributed by atoms with Crippen LogP contribution in [0.5, 0.6) is 0 Å². The fraction of sp³-hybridized carbons (Fsp3) is 0.374. The number of pyridine rings is 1. The van der Waals surface area contributed by atoms with Gasteiger partial charge in [-0.05, 0) is 137 Å². The van der Waals surface area contributed by atoms with E-state index in [1.54, 1.807) is 78.9 Å². The van der Waals surface area contributed by atoms with Gasteiger partial charge in [0.2, 0.25) is 41.4 Å². The lowest BCUT2D eigenvalue weighted by Crippen LogP contribution is -2.41. The summed E-state index contributed by atoms with van der Waals surface area (Å²) in [6.45, 7) is 18.0. The summed E-state index contributed by atoms with van der Waals surface area (Å²) in [5.41, 5.74) is 40.3. The van der Waals surface area contributed by atoms with Gasteiger partial charge >= 0.3 is 0 Å². The van der Waals surface area contributed by atoms with Gasteiger partial charge in [0.25, 0.3) is 0 Å². The number of aryl methyl sites for hydroxylation is 6. The monoisotopic (exact) mass is 1910 g/mol. The first-order chi connectivity index (χ1) is 67.3. The molecular formula is C91H98F5N39O5. The Hall–Kier alpha value is -16.4. The molecule has 0 amide bonds. The molecule has 140 heavy (non-hydrogen) atoms.